The first-order valence-electron chi connectivity index (χ1n) is 9.20. The molecule has 0 atom stereocenters. The molecule has 30 heavy (non-hydrogen) atoms. The zero-order valence-electron chi connectivity index (χ0n) is 18.0. The highest BCUT2D eigenvalue weighted by Crippen LogP contribution is 2.30. The fourth-order valence-electron chi connectivity index (χ4n) is 2.31. The molecule has 0 fully saturated rings. The van der Waals surface area contributed by atoms with E-state index in [2.05, 4.69) is 26.0 Å². The van der Waals surface area contributed by atoms with E-state index in [0.29, 0.717) is 4.90 Å². The van der Waals surface area contributed by atoms with Gasteiger partial charge in [0, 0.05) is 6.20 Å². The van der Waals surface area contributed by atoms with Crippen molar-refractivity contribution in [2.75, 3.05) is 11.5 Å². The van der Waals surface area contributed by atoms with Crippen molar-refractivity contribution < 1.29 is 28.6 Å². The third kappa shape index (κ3) is 5.47. The number of halogens is 1. The van der Waals surface area contributed by atoms with Gasteiger partial charge in [0.15, 0.2) is 11.5 Å². The molecule has 0 aliphatic heterocycles. The summed E-state index contributed by atoms with van der Waals surface area (Å²) in [4.78, 5) is 43.0. The number of hydrogen-bond acceptors (Lipinski definition) is 8. The van der Waals surface area contributed by atoms with Crippen LogP contribution in [-0.4, -0.2) is 50.6 Å². The minimum atomic E-state index is -0.974. The number of hydrogen-bond donors (Lipinski definition) is 0. The van der Waals surface area contributed by atoms with Crippen LogP contribution in [0.15, 0.2) is 16.9 Å². The van der Waals surface area contributed by atoms with E-state index in [1.54, 1.807) is 48.5 Å². The van der Waals surface area contributed by atoms with Crippen LogP contribution in [0.4, 0.5) is 15.4 Å². The second-order valence-electron chi connectivity index (χ2n) is 8.24. The van der Waals surface area contributed by atoms with Gasteiger partial charge in [0.05, 0.1) is 17.3 Å². The Morgan fingerprint density at radius 2 is 1.57 bits per heavy atom. The molecule has 0 unspecified atom stereocenters. The molecule has 0 saturated carbocycles. The molecular weight excluding hydrogens is 460 g/mol. The lowest BCUT2D eigenvalue weighted by Gasteiger charge is -2.29. The lowest BCUT2D eigenvalue weighted by Crippen LogP contribution is -2.45. The second kappa shape index (κ2) is 8.58. The number of amides is 2. The second-order valence-corrected chi connectivity index (χ2v) is 9.09. The molecular formula is C19H25BrN4O6. The van der Waals surface area contributed by atoms with Gasteiger partial charge in [-0.3, -0.25) is 0 Å². The van der Waals surface area contributed by atoms with Gasteiger partial charge < -0.3 is 14.2 Å². The fourth-order valence-corrected chi connectivity index (χ4v) is 2.76. The Labute approximate surface area is 182 Å². The van der Waals surface area contributed by atoms with Crippen molar-refractivity contribution in [3.05, 3.63) is 22.4 Å². The van der Waals surface area contributed by atoms with E-state index in [4.69, 9.17) is 14.2 Å². The van der Waals surface area contributed by atoms with Crippen molar-refractivity contribution in [1.82, 2.24) is 14.6 Å². The maximum Gasteiger partial charge on any atom is 0.425 e. The van der Waals surface area contributed by atoms with E-state index in [0.717, 1.165) is 0 Å². The van der Waals surface area contributed by atoms with Gasteiger partial charge in [0.2, 0.25) is 0 Å². The summed E-state index contributed by atoms with van der Waals surface area (Å²) < 4.78 is 17.2. The number of esters is 1. The summed E-state index contributed by atoms with van der Waals surface area (Å²) in [6, 6.07) is 0. The average molecular weight is 485 g/mol. The van der Waals surface area contributed by atoms with Gasteiger partial charge in [0.1, 0.15) is 16.8 Å². The Morgan fingerprint density at radius 3 is 2.03 bits per heavy atom. The molecule has 2 aromatic rings. The molecule has 0 aliphatic carbocycles. The molecule has 0 saturated heterocycles. The molecule has 11 heteroatoms. The van der Waals surface area contributed by atoms with Crippen LogP contribution in [0.2, 0.25) is 0 Å². The number of nitrogens with zero attached hydrogens (tertiary/aromatic N) is 4. The Bertz CT molecular complexity index is 946. The van der Waals surface area contributed by atoms with Crippen LogP contribution in [0.25, 0.3) is 5.65 Å². The normalized spacial score (nSPS) is 11.9. The van der Waals surface area contributed by atoms with Crippen LogP contribution in [0.3, 0.4) is 0 Å². The van der Waals surface area contributed by atoms with Crippen LogP contribution < -0.4 is 4.90 Å². The predicted octanol–water partition coefficient (Wildman–Crippen LogP) is 4.35. The maximum atomic E-state index is 13.0. The summed E-state index contributed by atoms with van der Waals surface area (Å²) in [6.07, 6.45) is 0.645. The number of imide groups is 1. The van der Waals surface area contributed by atoms with E-state index >= 15 is 0 Å². The van der Waals surface area contributed by atoms with E-state index in [-0.39, 0.29) is 28.1 Å². The average Bonchev–Trinajstić information content (AvgIpc) is 2.98. The first kappa shape index (κ1) is 23.6. The van der Waals surface area contributed by atoms with Crippen molar-refractivity contribution in [2.24, 2.45) is 0 Å². The minimum absolute atomic E-state index is 0.0287. The van der Waals surface area contributed by atoms with Crippen LogP contribution in [0.5, 0.6) is 0 Å². The zero-order valence-corrected chi connectivity index (χ0v) is 19.6. The molecule has 0 aromatic carbocycles. The lowest BCUT2D eigenvalue weighted by molar-refractivity contribution is 0.0426. The van der Waals surface area contributed by atoms with Crippen molar-refractivity contribution in [3.8, 4) is 0 Å². The highest BCUT2D eigenvalue weighted by molar-refractivity contribution is 9.10. The summed E-state index contributed by atoms with van der Waals surface area (Å²) in [5, 5.41) is 4.13. The summed E-state index contributed by atoms with van der Waals surface area (Å²) in [6.45, 7) is 11.9. The third-order valence-electron chi connectivity index (χ3n) is 3.32. The van der Waals surface area contributed by atoms with Crippen LogP contribution in [0.1, 0.15) is 58.8 Å². The molecule has 2 amide bonds. The summed E-state index contributed by atoms with van der Waals surface area (Å²) in [7, 11) is 0. The van der Waals surface area contributed by atoms with Crippen molar-refractivity contribution in [1.29, 1.82) is 0 Å². The molecule has 2 aromatic heterocycles. The van der Waals surface area contributed by atoms with Gasteiger partial charge in [-0.2, -0.15) is 14.5 Å². The van der Waals surface area contributed by atoms with Gasteiger partial charge in [0.25, 0.3) is 0 Å². The standard InChI is InChI=1S/C19H25BrN4O6/c1-8-28-15(25)11-9-22-24-13(11)21-10-12(20)14(24)23(16(26)29-18(2,3)4)17(27)30-19(5,6)7/h9-10H,8H2,1-7H3. The predicted molar refractivity (Wildman–Crippen MR) is 112 cm³/mol. The van der Waals surface area contributed by atoms with Crippen molar-refractivity contribution in [3.63, 3.8) is 0 Å². The van der Waals surface area contributed by atoms with Gasteiger partial charge >= 0.3 is 18.2 Å². The number of anilines is 1. The molecule has 0 aliphatic rings. The summed E-state index contributed by atoms with van der Waals surface area (Å²) in [5.41, 5.74) is -1.57. The molecule has 10 nitrogen and oxygen atoms in total. The minimum Gasteiger partial charge on any atom is -0.462 e. The fraction of sp³-hybridized carbons (Fsp3) is 0.526. The molecule has 0 spiro atoms. The van der Waals surface area contributed by atoms with Crippen LogP contribution in [-0.2, 0) is 14.2 Å². The number of carbonyl (C=O) groups excluding carboxylic acids is 3. The van der Waals surface area contributed by atoms with Gasteiger partial charge in [-0.05, 0) is 64.4 Å². The molecule has 0 bridgehead atoms. The molecule has 2 rings (SSSR count). The molecule has 164 valence electrons. The molecule has 2 heterocycles. The quantitative estimate of drug-likeness (QED) is 0.466. The monoisotopic (exact) mass is 484 g/mol. The van der Waals surface area contributed by atoms with Gasteiger partial charge in [-0.15, -0.1) is 0 Å². The van der Waals surface area contributed by atoms with E-state index in [1.807, 2.05) is 0 Å². The Hall–Kier alpha value is -2.69. The highest BCUT2D eigenvalue weighted by Gasteiger charge is 2.36. The van der Waals surface area contributed by atoms with Crippen LogP contribution >= 0.6 is 15.9 Å². The van der Waals surface area contributed by atoms with Crippen molar-refractivity contribution >= 4 is 45.6 Å². The molecule has 0 N–H and O–H groups in total. The Balaban J connectivity index is 2.67. The first-order chi connectivity index (χ1) is 13.7. The van der Waals surface area contributed by atoms with Crippen molar-refractivity contribution in [2.45, 2.75) is 59.7 Å². The lowest BCUT2D eigenvalue weighted by atomic mass is 10.2. The Kier molecular flexibility index (Phi) is 6.75. The first-order valence-corrected chi connectivity index (χ1v) is 10.00. The number of ether oxygens (including phenoxy) is 3. The topological polar surface area (TPSA) is 112 Å². The van der Waals surface area contributed by atoms with Crippen LogP contribution in [0, 0.1) is 0 Å². The van der Waals surface area contributed by atoms with Gasteiger partial charge in [-0.1, -0.05) is 0 Å². The van der Waals surface area contributed by atoms with E-state index in [1.165, 1.54) is 16.9 Å². The highest BCUT2D eigenvalue weighted by atomic mass is 79.9. The third-order valence-corrected chi connectivity index (χ3v) is 3.88. The van der Waals surface area contributed by atoms with Gasteiger partial charge in [-0.25, -0.2) is 19.4 Å². The number of rotatable bonds is 3. The maximum absolute atomic E-state index is 13.0. The largest absolute Gasteiger partial charge is 0.462 e. The number of carbonyl (C=O) groups is 3. The summed E-state index contributed by atoms with van der Waals surface area (Å²) >= 11 is 3.29. The van der Waals surface area contributed by atoms with E-state index in [9.17, 15) is 14.4 Å². The SMILES string of the molecule is CCOC(=O)c1cnn2c(N(C(=O)OC(C)(C)C)C(=O)OC(C)(C)C)c(Br)cnc12. The van der Waals surface area contributed by atoms with E-state index < -0.39 is 29.4 Å². The molecule has 0 radical (unpaired) electrons. The number of aromatic nitrogens is 3. The Morgan fingerprint density at radius 1 is 1.03 bits per heavy atom. The summed E-state index contributed by atoms with van der Waals surface area (Å²) in [5.74, 6) is -0.659. The smallest absolute Gasteiger partial charge is 0.425 e. The number of fused-ring (bicyclic) bond motifs is 1. The zero-order chi connectivity index (χ0) is 22.9.